The third kappa shape index (κ3) is 5.25. The van der Waals surface area contributed by atoms with E-state index >= 15 is 0 Å². The second-order valence-electron chi connectivity index (χ2n) is 3.84. The summed E-state index contributed by atoms with van der Waals surface area (Å²) < 4.78 is 60.9. The number of alkyl halides is 3. The fraction of sp³-hybridized carbons (Fsp3) is 0.300. The summed E-state index contributed by atoms with van der Waals surface area (Å²) in [5, 5.41) is 1.90. The maximum Gasteiger partial charge on any atom is 0.417 e. The molecule has 20 heavy (non-hydrogen) atoms. The summed E-state index contributed by atoms with van der Waals surface area (Å²) in [6.07, 6.45) is -3.83. The van der Waals surface area contributed by atoms with Crippen molar-refractivity contribution < 1.29 is 26.4 Å². The third-order valence-electron chi connectivity index (χ3n) is 2.02. The number of hydrogen-bond donors (Lipinski definition) is 2. The highest BCUT2D eigenvalue weighted by Crippen LogP contribution is 2.36. The molecular weight excluding hydrogens is 321 g/mol. The number of sulfonamides is 1. The van der Waals surface area contributed by atoms with Gasteiger partial charge in [0.15, 0.2) is 0 Å². The van der Waals surface area contributed by atoms with Gasteiger partial charge in [0.05, 0.1) is 23.4 Å². The number of halogens is 4. The Morgan fingerprint density at radius 1 is 1.35 bits per heavy atom. The molecule has 10 heteroatoms. The van der Waals surface area contributed by atoms with Crippen LogP contribution < -0.4 is 10.0 Å². The SMILES string of the molecule is CS(=O)(=O)NC(=O)CNc1ccc(Cl)c(C(F)(F)F)c1. The van der Waals surface area contributed by atoms with E-state index in [1.807, 2.05) is 0 Å². The Hall–Kier alpha value is -1.48. The number of anilines is 1. The quantitative estimate of drug-likeness (QED) is 0.883. The average molecular weight is 331 g/mol. The Balaban J connectivity index is 2.78. The van der Waals surface area contributed by atoms with Crippen molar-refractivity contribution >= 4 is 33.2 Å². The molecule has 0 fully saturated rings. The first-order valence-electron chi connectivity index (χ1n) is 5.10. The van der Waals surface area contributed by atoms with Crippen LogP contribution in [0.4, 0.5) is 18.9 Å². The lowest BCUT2D eigenvalue weighted by molar-refractivity contribution is -0.137. The topological polar surface area (TPSA) is 75.3 Å². The number of rotatable bonds is 4. The Morgan fingerprint density at radius 3 is 2.45 bits per heavy atom. The molecule has 0 saturated heterocycles. The molecule has 1 aromatic rings. The van der Waals surface area contributed by atoms with Gasteiger partial charge in [-0.15, -0.1) is 0 Å². The normalized spacial score (nSPS) is 12.1. The van der Waals surface area contributed by atoms with Crippen molar-refractivity contribution in [2.75, 3.05) is 18.1 Å². The highest BCUT2D eigenvalue weighted by Gasteiger charge is 2.33. The lowest BCUT2D eigenvalue weighted by Gasteiger charge is -2.12. The number of hydrogen-bond acceptors (Lipinski definition) is 4. The van der Waals surface area contributed by atoms with Gasteiger partial charge in [-0.05, 0) is 18.2 Å². The molecule has 0 aliphatic rings. The Bertz CT molecular complexity index is 617. The highest BCUT2D eigenvalue weighted by molar-refractivity contribution is 7.89. The van der Waals surface area contributed by atoms with Crippen molar-refractivity contribution in [3.8, 4) is 0 Å². The summed E-state index contributed by atoms with van der Waals surface area (Å²) in [5.74, 6) is -0.893. The van der Waals surface area contributed by atoms with Gasteiger partial charge < -0.3 is 5.32 Å². The summed E-state index contributed by atoms with van der Waals surface area (Å²) in [6.45, 7) is -0.494. The third-order valence-corrected chi connectivity index (χ3v) is 2.95. The van der Waals surface area contributed by atoms with Crippen LogP contribution >= 0.6 is 11.6 Å². The van der Waals surface area contributed by atoms with Gasteiger partial charge in [-0.1, -0.05) is 11.6 Å². The standard InChI is InChI=1S/C10H10ClF3N2O3S/c1-20(18,19)16-9(17)5-15-6-2-3-8(11)7(4-6)10(12,13)14/h2-4,15H,5H2,1H3,(H,16,17). The van der Waals surface area contributed by atoms with Crippen molar-refractivity contribution in [1.29, 1.82) is 0 Å². The monoisotopic (exact) mass is 330 g/mol. The maximum absolute atomic E-state index is 12.6. The minimum atomic E-state index is -4.62. The second-order valence-corrected chi connectivity index (χ2v) is 6.00. The zero-order valence-electron chi connectivity index (χ0n) is 10.1. The smallest absolute Gasteiger partial charge is 0.376 e. The number of nitrogens with one attached hydrogen (secondary N) is 2. The molecule has 0 spiro atoms. The van der Waals surface area contributed by atoms with Gasteiger partial charge in [-0.3, -0.25) is 9.52 Å². The highest BCUT2D eigenvalue weighted by atomic mass is 35.5. The first-order chi connectivity index (χ1) is 8.99. The molecule has 0 radical (unpaired) electrons. The van der Waals surface area contributed by atoms with Gasteiger partial charge in [-0.2, -0.15) is 13.2 Å². The fourth-order valence-corrected chi connectivity index (χ4v) is 1.99. The van der Waals surface area contributed by atoms with Crippen LogP contribution in [0.2, 0.25) is 5.02 Å². The molecular formula is C10H10ClF3N2O3S. The molecule has 0 aromatic heterocycles. The van der Waals surface area contributed by atoms with Crippen LogP contribution in [0.15, 0.2) is 18.2 Å². The molecule has 0 heterocycles. The van der Waals surface area contributed by atoms with Crippen LogP contribution in [0.3, 0.4) is 0 Å². The summed E-state index contributed by atoms with van der Waals surface area (Å²) in [7, 11) is -3.71. The second kappa shape index (κ2) is 5.88. The summed E-state index contributed by atoms with van der Waals surface area (Å²) >= 11 is 5.42. The molecule has 0 aliphatic heterocycles. The van der Waals surface area contributed by atoms with E-state index in [0.717, 1.165) is 18.4 Å². The zero-order valence-corrected chi connectivity index (χ0v) is 11.7. The molecule has 2 N–H and O–H groups in total. The number of amides is 1. The van der Waals surface area contributed by atoms with Gasteiger partial charge in [0.2, 0.25) is 10.0 Å². The largest absolute Gasteiger partial charge is 0.417 e. The molecule has 5 nitrogen and oxygen atoms in total. The Labute approximate surface area is 118 Å². The first-order valence-corrected chi connectivity index (χ1v) is 7.37. The molecule has 1 amide bonds. The van der Waals surface area contributed by atoms with E-state index in [2.05, 4.69) is 5.32 Å². The van der Waals surface area contributed by atoms with E-state index in [-0.39, 0.29) is 5.69 Å². The lowest BCUT2D eigenvalue weighted by Crippen LogP contribution is -2.34. The van der Waals surface area contributed by atoms with E-state index in [4.69, 9.17) is 11.6 Å². The maximum atomic E-state index is 12.6. The van der Waals surface area contributed by atoms with E-state index < -0.39 is 39.2 Å². The minimum absolute atomic E-state index is 0.00891. The summed E-state index contributed by atoms with van der Waals surface area (Å²) in [6, 6.07) is 3.00. The van der Waals surface area contributed by atoms with Gasteiger partial charge in [0.1, 0.15) is 0 Å². The number of carbonyl (C=O) groups excluding carboxylic acids is 1. The minimum Gasteiger partial charge on any atom is -0.376 e. The Kier molecular flexibility index (Phi) is 4.87. The van der Waals surface area contributed by atoms with Crippen LogP contribution in [-0.2, 0) is 21.0 Å². The zero-order chi connectivity index (χ0) is 15.6. The van der Waals surface area contributed by atoms with Crippen LogP contribution in [0, 0.1) is 0 Å². The molecule has 1 aromatic carbocycles. The van der Waals surface area contributed by atoms with E-state index in [0.29, 0.717) is 0 Å². The van der Waals surface area contributed by atoms with Crippen LogP contribution in [-0.4, -0.2) is 27.1 Å². The molecule has 0 aliphatic carbocycles. The average Bonchev–Trinajstić information content (AvgIpc) is 2.24. The van der Waals surface area contributed by atoms with Crippen LogP contribution in [0.5, 0.6) is 0 Å². The van der Waals surface area contributed by atoms with E-state index in [1.54, 1.807) is 4.72 Å². The first kappa shape index (κ1) is 16.6. The van der Waals surface area contributed by atoms with Gasteiger partial charge in [0, 0.05) is 5.69 Å². The molecule has 1 rings (SSSR count). The lowest BCUT2D eigenvalue weighted by atomic mass is 10.2. The molecule has 0 bridgehead atoms. The molecule has 0 saturated carbocycles. The summed E-state index contributed by atoms with van der Waals surface area (Å²) in [5.41, 5.74) is -1.06. The van der Waals surface area contributed by atoms with Crippen molar-refractivity contribution in [2.45, 2.75) is 6.18 Å². The van der Waals surface area contributed by atoms with Gasteiger partial charge >= 0.3 is 6.18 Å². The van der Waals surface area contributed by atoms with Crippen molar-refractivity contribution in [1.82, 2.24) is 4.72 Å². The predicted molar refractivity (Wildman–Crippen MR) is 67.9 cm³/mol. The molecule has 112 valence electrons. The Morgan fingerprint density at radius 2 is 1.95 bits per heavy atom. The summed E-state index contributed by atoms with van der Waals surface area (Å²) in [4.78, 5) is 11.2. The molecule has 0 unspecified atom stereocenters. The van der Waals surface area contributed by atoms with Crippen molar-refractivity contribution in [3.05, 3.63) is 28.8 Å². The van der Waals surface area contributed by atoms with Crippen LogP contribution in [0.25, 0.3) is 0 Å². The molecule has 0 atom stereocenters. The van der Waals surface area contributed by atoms with Crippen LogP contribution in [0.1, 0.15) is 5.56 Å². The predicted octanol–water partition coefficient (Wildman–Crippen LogP) is 1.85. The van der Waals surface area contributed by atoms with E-state index in [1.165, 1.54) is 6.07 Å². The van der Waals surface area contributed by atoms with Gasteiger partial charge in [0.25, 0.3) is 5.91 Å². The van der Waals surface area contributed by atoms with Crippen molar-refractivity contribution in [2.24, 2.45) is 0 Å². The van der Waals surface area contributed by atoms with E-state index in [9.17, 15) is 26.4 Å². The number of benzene rings is 1. The number of carbonyl (C=O) groups is 1. The fourth-order valence-electron chi connectivity index (χ4n) is 1.28. The van der Waals surface area contributed by atoms with Crippen molar-refractivity contribution in [3.63, 3.8) is 0 Å². The van der Waals surface area contributed by atoms with Gasteiger partial charge in [-0.25, -0.2) is 8.42 Å².